The molecule has 0 spiro atoms. The summed E-state index contributed by atoms with van der Waals surface area (Å²) < 4.78 is 0. The maximum atomic E-state index is 7.16. The Hall–Kier alpha value is -0.570. The van der Waals surface area contributed by atoms with Crippen LogP contribution in [-0.4, -0.2) is 30.9 Å². The summed E-state index contributed by atoms with van der Waals surface area (Å²) in [4.78, 5) is 1.88. The van der Waals surface area contributed by atoms with Crippen LogP contribution >= 0.6 is 0 Å². The van der Waals surface area contributed by atoms with Gasteiger partial charge in [0.15, 0.2) is 0 Å². The average molecular weight is 129 g/mol. The summed E-state index contributed by atoms with van der Waals surface area (Å²) in [5.41, 5.74) is 5.28. The summed E-state index contributed by atoms with van der Waals surface area (Å²) in [5.74, 6) is 0.600. The number of hydrogen-bond donors (Lipinski definition) is 2. The lowest BCUT2D eigenvalue weighted by molar-refractivity contribution is 0.486. The summed E-state index contributed by atoms with van der Waals surface area (Å²) >= 11 is 0. The highest BCUT2D eigenvalue weighted by molar-refractivity contribution is 5.75. The monoisotopic (exact) mass is 129 g/mol. The Bertz CT molecular complexity index is 90.3. The van der Waals surface area contributed by atoms with Crippen LogP contribution in [0.5, 0.6) is 0 Å². The molecule has 54 valence electrons. The van der Waals surface area contributed by atoms with E-state index < -0.39 is 0 Å². The predicted molar refractivity (Wildman–Crippen MR) is 39.7 cm³/mol. The van der Waals surface area contributed by atoms with Gasteiger partial charge in [-0.25, -0.2) is 0 Å². The van der Waals surface area contributed by atoms with E-state index in [-0.39, 0.29) is 0 Å². The van der Waals surface area contributed by atoms with Crippen LogP contribution in [0.4, 0.5) is 0 Å². The molecule has 0 aliphatic heterocycles. The van der Waals surface area contributed by atoms with Crippen molar-refractivity contribution >= 4 is 5.84 Å². The second-order valence-corrected chi connectivity index (χ2v) is 2.15. The molecule has 3 heteroatoms. The molecule has 3 nitrogen and oxygen atoms in total. The molecule has 0 aliphatic carbocycles. The van der Waals surface area contributed by atoms with Crippen LogP contribution in [0.25, 0.3) is 0 Å². The summed E-state index contributed by atoms with van der Waals surface area (Å²) in [6.45, 7) is 3.37. The smallest absolute Gasteiger partial charge is 0.0923 e. The van der Waals surface area contributed by atoms with E-state index in [9.17, 15) is 0 Å². The van der Waals surface area contributed by atoms with Gasteiger partial charge in [-0.15, -0.1) is 0 Å². The lowest BCUT2D eigenvalue weighted by atomic mass is 10.4. The molecule has 0 heterocycles. The topological polar surface area (TPSA) is 53.1 Å². The second-order valence-electron chi connectivity index (χ2n) is 2.15. The van der Waals surface area contributed by atoms with Crippen LogP contribution in [0.1, 0.15) is 13.3 Å². The first-order valence-corrected chi connectivity index (χ1v) is 3.15. The van der Waals surface area contributed by atoms with Crippen molar-refractivity contribution in [3.05, 3.63) is 0 Å². The van der Waals surface area contributed by atoms with Crippen molar-refractivity contribution in [2.24, 2.45) is 5.73 Å². The standard InChI is InChI=1S/C6H15N3/c1-6(8)9(2)5-3-4-7/h8H,3-5,7H2,1-2H3. The van der Waals surface area contributed by atoms with Crippen LogP contribution in [0.3, 0.4) is 0 Å². The van der Waals surface area contributed by atoms with Crippen LogP contribution in [0.15, 0.2) is 0 Å². The first-order valence-electron chi connectivity index (χ1n) is 3.15. The van der Waals surface area contributed by atoms with E-state index in [2.05, 4.69) is 0 Å². The van der Waals surface area contributed by atoms with Crippen molar-refractivity contribution in [3.63, 3.8) is 0 Å². The van der Waals surface area contributed by atoms with Gasteiger partial charge >= 0.3 is 0 Å². The highest BCUT2D eigenvalue weighted by Crippen LogP contribution is 1.85. The van der Waals surface area contributed by atoms with Gasteiger partial charge in [0.1, 0.15) is 0 Å². The molecule has 0 amide bonds. The number of nitrogens with zero attached hydrogens (tertiary/aromatic N) is 1. The van der Waals surface area contributed by atoms with Gasteiger partial charge in [-0.2, -0.15) is 0 Å². The fourth-order valence-electron chi connectivity index (χ4n) is 0.496. The van der Waals surface area contributed by atoms with Gasteiger partial charge in [0.2, 0.25) is 0 Å². The SMILES string of the molecule is CC(=N)N(C)CCCN. The minimum absolute atomic E-state index is 0.600. The summed E-state index contributed by atoms with van der Waals surface area (Å²) in [6.07, 6.45) is 0.965. The molecule has 0 bridgehead atoms. The molecule has 0 saturated heterocycles. The lowest BCUT2D eigenvalue weighted by Crippen LogP contribution is -2.25. The summed E-state index contributed by atoms with van der Waals surface area (Å²) in [6, 6.07) is 0. The van der Waals surface area contributed by atoms with Crippen molar-refractivity contribution in [1.82, 2.24) is 4.90 Å². The van der Waals surface area contributed by atoms with Crippen LogP contribution in [-0.2, 0) is 0 Å². The predicted octanol–water partition coefficient (Wildman–Crippen LogP) is 0.264. The Balaban J connectivity index is 3.27. The fourth-order valence-corrected chi connectivity index (χ4v) is 0.496. The van der Waals surface area contributed by atoms with E-state index in [4.69, 9.17) is 11.1 Å². The highest BCUT2D eigenvalue weighted by atomic mass is 15.1. The van der Waals surface area contributed by atoms with E-state index in [1.54, 1.807) is 6.92 Å². The van der Waals surface area contributed by atoms with Gasteiger partial charge in [0, 0.05) is 13.6 Å². The third-order valence-corrected chi connectivity index (χ3v) is 1.27. The van der Waals surface area contributed by atoms with E-state index in [0.717, 1.165) is 13.0 Å². The zero-order chi connectivity index (χ0) is 7.28. The Morgan fingerprint density at radius 2 is 2.22 bits per heavy atom. The Morgan fingerprint density at radius 3 is 2.56 bits per heavy atom. The van der Waals surface area contributed by atoms with Crippen molar-refractivity contribution in [1.29, 1.82) is 5.41 Å². The van der Waals surface area contributed by atoms with Gasteiger partial charge in [-0.1, -0.05) is 0 Å². The molecule has 0 atom stereocenters. The Morgan fingerprint density at radius 1 is 1.67 bits per heavy atom. The van der Waals surface area contributed by atoms with Gasteiger partial charge in [-0.05, 0) is 19.9 Å². The third-order valence-electron chi connectivity index (χ3n) is 1.27. The molecule has 0 fully saturated rings. The Kier molecular flexibility index (Phi) is 4.05. The third kappa shape index (κ3) is 3.97. The molecule has 0 rings (SSSR count). The Labute approximate surface area is 56.3 Å². The maximum absolute atomic E-state index is 7.16. The van der Waals surface area contributed by atoms with Crippen LogP contribution in [0, 0.1) is 5.41 Å². The fraction of sp³-hybridized carbons (Fsp3) is 0.833. The normalized spacial score (nSPS) is 9.22. The molecule has 0 aromatic carbocycles. The maximum Gasteiger partial charge on any atom is 0.0923 e. The van der Waals surface area contributed by atoms with Gasteiger partial charge < -0.3 is 10.6 Å². The van der Waals surface area contributed by atoms with E-state index in [1.807, 2.05) is 11.9 Å². The highest BCUT2D eigenvalue weighted by Gasteiger charge is 1.94. The zero-order valence-corrected chi connectivity index (χ0v) is 6.15. The van der Waals surface area contributed by atoms with Gasteiger partial charge in [0.05, 0.1) is 5.84 Å². The molecular formula is C6H15N3. The van der Waals surface area contributed by atoms with E-state index >= 15 is 0 Å². The number of nitrogens with two attached hydrogens (primary N) is 1. The largest absolute Gasteiger partial charge is 0.364 e. The van der Waals surface area contributed by atoms with Crippen molar-refractivity contribution in [2.45, 2.75) is 13.3 Å². The molecule has 0 aromatic heterocycles. The van der Waals surface area contributed by atoms with Crippen molar-refractivity contribution in [3.8, 4) is 0 Å². The first-order chi connectivity index (χ1) is 4.18. The van der Waals surface area contributed by atoms with E-state index in [0.29, 0.717) is 12.4 Å². The molecule has 0 saturated carbocycles. The lowest BCUT2D eigenvalue weighted by Gasteiger charge is -2.15. The van der Waals surface area contributed by atoms with Crippen molar-refractivity contribution in [2.75, 3.05) is 20.1 Å². The van der Waals surface area contributed by atoms with Crippen LogP contribution in [0.2, 0.25) is 0 Å². The molecule has 9 heavy (non-hydrogen) atoms. The zero-order valence-electron chi connectivity index (χ0n) is 6.15. The van der Waals surface area contributed by atoms with Crippen molar-refractivity contribution < 1.29 is 0 Å². The summed E-state index contributed by atoms with van der Waals surface area (Å²) in [7, 11) is 1.90. The minimum Gasteiger partial charge on any atom is -0.364 e. The number of nitrogens with one attached hydrogen (secondary N) is 1. The van der Waals surface area contributed by atoms with Gasteiger partial charge in [-0.3, -0.25) is 5.41 Å². The molecule has 0 unspecified atom stereocenters. The molecule has 3 N–H and O–H groups in total. The number of rotatable bonds is 3. The van der Waals surface area contributed by atoms with Gasteiger partial charge in [0.25, 0.3) is 0 Å². The minimum atomic E-state index is 0.600. The van der Waals surface area contributed by atoms with Crippen LogP contribution < -0.4 is 5.73 Å². The van der Waals surface area contributed by atoms with E-state index in [1.165, 1.54) is 0 Å². The number of amidine groups is 1. The second kappa shape index (κ2) is 4.32. The molecular weight excluding hydrogens is 114 g/mol. The molecule has 0 aromatic rings. The first kappa shape index (κ1) is 8.43. The molecule has 0 radical (unpaired) electrons. The average Bonchev–Trinajstić information content (AvgIpc) is 1.82. The summed E-state index contributed by atoms with van der Waals surface area (Å²) in [5, 5.41) is 7.16. The quantitative estimate of drug-likeness (QED) is 0.424. The number of hydrogen-bond acceptors (Lipinski definition) is 2. The molecule has 0 aliphatic rings.